The van der Waals surface area contributed by atoms with E-state index in [0.717, 1.165) is 26.1 Å². The molecule has 0 aromatic heterocycles. The van der Waals surface area contributed by atoms with Gasteiger partial charge in [0, 0.05) is 31.8 Å². The first kappa shape index (κ1) is 14.3. The molecule has 18 heavy (non-hydrogen) atoms. The van der Waals surface area contributed by atoms with Gasteiger partial charge in [-0.1, -0.05) is 12.8 Å². The van der Waals surface area contributed by atoms with Crippen LogP contribution < -0.4 is 5.73 Å². The Morgan fingerprint density at radius 3 is 2.56 bits per heavy atom. The second kappa shape index (κ2) is 6.85. The monoisotopic (exact) mass is 257 g/mol. The minimum Gasteiger partial charge on any atom is -0.385 e. The third-order valence-corrected chi connectivity index (χ3v) is 4.57. The Kier molecular flexibility index (Phi) is 5.42. The molecule has 2 N–H and O–H groups in total. The maximum Gasteiger partial charge on any atom is 0.0704 e. The summed E-state index contributed by atoms with van der Waals surface area (Å²) in [4.78, 5) is 0. The zero-order chi connectivity index (χ0) is 12.8. The Bertz CT molecular complexity index is 241. The van der Waals surface area contributed by atoms with Gasteiger partial charge in [0.15, 0.2) is 0 Å². The average Bonchev–Trinajstić information content (AvgIpc) is 2.88. The molecule has 2 rings (SSSR count). The summed E-state index contributed by atoms with van der Waals surface area (Å²) >= 11 is 0. The normalized spacial score (nSPS) is 29.7. The van der Waals surface area contributed by atoms with Gasteiger partial charge in [-0.25, -0.2) is 0 Å². The predicted molar refractivity (Wildman–Crippen MR) is 70.5 cm³/mol. The summed E-state index contributed by atoms with van der Waals surface area (Å²) in [6, 6.07) is 0.368. The summed E-state index contributed by atoms with van der Waals surface area (Å²) in [5.41, 5.74) is 6.48. The number of hydrogen-bond acceptors (Lipinski definition) is 4. The van der Waals surface area contributed by atoms with Crippen LogP contribution in [0.25, 0.3) is 0 Å². The molecule has 2 saturated carbocycles. The van der Waals surface area contributed by atoms with E-state index in [1.807, 2.05) is 0 Å². The van der Waals surface area contributed by atoms with E-state index in [4.69, 9.17) is 19.9 Å². The molecule has 0 aromatic rings. The number of rotatable bonds is 8. The molecule has 0 bridgehead atoms. The van der Waals surface area contributed by atoms with Crippen LogP contribution in [0.1, 0.15) is 38.5 Å². The van der Waals surface area contributed by atoms with Crippen molar-refractivity contribution >= 4 is 0 Å². The van der Waals surface area contributed by atoms with Crippen LogP contribution in [0.3, 0.4) is 0 Å². The van der Waals surface area contributed by atoms with E-state index >= 15 is 0 Å². The van der Waals surface area contributed by atoms with Crippen molar-refractivity contribution in [1.82, 2.24) is 0 Å². The third kappa shape index (κ3) is 3.05. The minimum atomic E-state index is 0.316. The van der Waals surface area contributed by atoms with Crippen molar-refractivity contribution in [1.29, 1.82) is 0 Å². The predicted octanol–water partition coefficient (Wildman–Crippen LogP) is 1.72. The maximum absolute atomic E-state index is 6.17. The molecule has 0 aliphatic heterocycles. The highest BCUT2D eigenvalue weighted by Gasteiger charge is 2.54. The molecule has 0 heterocycles. The second-order valence-corrected chi connectivity index (χ2v) is 5.60. The highest BCUT2D eigenvalue weighted by atomic mass is 16.5. The molecule has 2 aliphatic carbocycles. The molecule has 0 aromatic carbocycles. The Hall–Kier alpha value is -0.160. The quantitative estimate of drug-likeness (QED) is 0.673. The van der Waals surface area contributed by atoms with Crippen LogP contribution in [0.5, 0.6) is 0 Å². The first-order valence-electron chi connectivity index (χ1n) is 7.23. The molecule has 2 unspecified atom stereocenters. The summed E-state index contributed by atoms with van der Waals surface area (Å²) < 4.78 is 16.4. The van der Waals surface area contributed by atoms with Crippen molar-refractivity contribution in [3.05, 3.63) is 0 Å². The molecule has 4 nitrogen and oxygen atoms in total. The topological polar surface area (TPSA) is 53.7 Å². The van der Waals surface area contributed by atoms with Crippen LogP contribution in [0.4, 0.5) is 0 Å². The number of hydrogen-bond donors (Lipinski definition) is 1. The van der Waals surface area contributed by atoms with Crippen LogP contribution in [-0.2, 0) is 14.2 Å². The van der Waals surface area contributed by atoms with Gasteiger partial charge in [-0.3, -0.25) is 0 Å². The molecule has 2 aliphatic rings. The highest BCUT2D eigenvalue weighted by molar-refractivity contribution is 5.08. The van der Waals surface area contributed by atoms with Crippen LogP contribution in [0.15, 0.2) is 0 Å². The summed E-state index contributed by atoms with van der Waals surface area (Å²) in [5, 5.41) is 0. The standard InChI is InChI=1S/C14H27NO3/c1-16-7-4-8-17-9-10-18-13-11-12(15)14(13)5-2-3-6-14/h12-13H,2-11,15H2,1H3. The van der Waals surface area contributed by atoms with Crippen molar-refractivity contribution in [2.75, 3.05) is 33.5 Å². The van der Waals surface area contributed by atoms with E-state index in [9.17, 15) is 0 Å². The van der Waals surface area contributed by atoms with Gasteiger partial charge >= 0.3 is 0 Å². The van der Waals surface area contributed by atoms with Gasteiger partial charge in [0.1, 0.15) is 0 Å². The Morgan fingerprint density at radius 1 is 1.11 bits per heavy atom. The average molecular weight is 257 g/mol. The summed E-state index contributed by atoms with van der Waals surface area (Å²) in [6.07, 6.45) is 7.53. The summed E-state index contributed by atoms with van der Waals surface area (Å²) in [5.74, 6) is 0. The Morgan fingerprint density at radius 2 is 1.89 bits per heavy atom. The first-order valence-corrected chi connectivity index (χ1v) is 7.23. The van der Waals surface area contributed by atoms with Gasteiger partial charge in [0.25, 0.3) is 0 Å². The lowest BCUT2D eigenvalue weighted by Gasteiger charge is -2.52. The van der Waals surface area contributed by atoms with E-state index in [-0.39, 0.29) is 0 Å². The van der Waals surface area contributed by atoms with Crippen LogP contribution in [0.2, 0.25) is 0 Å². The largest absolute Gasteiger partial charge is 0.385 e. The smallest absolute Gasteiger partial charge is 0.0704 e. The second-order valence-electron chi connectivity index (χ2n) is 5.60. The van der Waals surface area contributed by atoms with Crippen molar-refractivity contribution in [2.45, 2.75) is 50.7 Å². The molecule has 106 valence electrons. The van der Waals surface area contributed by atoms with Crippen LogP contribution in [-0.4, -0.2) is 45.7 Å². The van der Waals surface area contributed by atoms with E-state index in [2.05, 4.69) is 0 Å². The molecule has 0 saturated heterocycles. The van der Waals surface area contributed by atoms with Gasteiger partial charge in [0.05, 0.1) is 19.3 Å². The lowest BCUT2D eigenvalue weighted by Crippen LogP contribution is -2.61. The summed E-state index contributed by atoms with van der Waals surface area (Å²) in [6.45, 7) is 2.91. The van der Waals surface area contributed by atoms with Gasteiger partial charge in [-0.15, -0.1) is 0 Å². The lowest BCUT2D eigenvalue weighted by atomic mass is 9.61. The van der Waals surface area contributed by atoms with E-state index < -0.39 is 0 Å². The van der Waals surface area contributed by atoms with Gasteiger partial charge in [0.2, 0.25) is 0 Å². The van der Waals surface area contributed by atoms with Gasteiger partial charge in [-0.2, -0.15) is 0 Å². The molecule has 0 amide bonds. The molecule has 1 spiro atoms. The minimum absolute atomic E-state index is 0.316. The van der Waals surface area contributed by atoms with Gasteiger partial charge in [-0.05, 0) is 25.7 Å². The first-order chi connectivity index (χ1) is 8.79. The zero-order valence-corrected chi connectivity index (χ0v) is 11.5. The zero-order valence-electron chi connectivity index (χ0n) is 11.5. The lowest BCUT2D eigenvalue weighted by molar-refractivity contribution is -0.132. The highest BCUT2D eigenvalue weighted by Crippen LogP contribution is 2.53. The van der Waals surface area contributed by atoms with E-state index in [1.165, 1.54) is 25.7 Å². The van der Waals surface area contributed by atoms with Crippen LogP contribution >= 0.6 is 0 Å². The Labute approximate surface area is 110 Å². The van der Waals surface area contributed by atoms with Gasteiger partial charge < -0.3 is 19.9 Å². The van der Waals surface area contributed by atoms with Crippen molar-refractivity contribution in [3.63, 3.8) is 0 Å². The van der Waals surface area contributed by atoms with E-state index in [1.54, 1.807) is 7.11 Å². The molecular formula is C14H27NO3. The summed E-state index contributed by atoms with van der Waals surface area (Å²) in [7, 11) is 1.71. The fourth-order valence-electron chi connectivity index (χ4n) is 3.40. The number of ether oxygens (including phenoxy) is 3. The maximum atomic E-state index is 6.17. The fraction of sp³-hybridized carbons (Fsp3) is 1.00. The van der Waals surface area contributed by atoms with Crippen molar-refractivity contribution < 1.29 is 14.2 Å². The number of methoxy groups -OCH3 is 1. The SMILES string of the molecule is COCCCOCCOC1CC(N)C12CCCC2. The molecule has 0 radical (unpaired) electrons. The van der Waals surface area contributed by atoms with Crippen molar-refractivity contribution in [2.24, 2.45) is 11.1 Å². The number of nitrogens with two attached hydrogens (primary N) is 1. The van der Waals surface area contributed by atoms with Crippen molar-refractivity contribution in [3.8, 4) is 0 Å². The molecule has 2 fully saturated rings. The Balaban J connectivity index is 1.55. The van der Waals surface area contributed by atoms with E-state index in [0.29, 0.717) is 30.8 Å². The molecule has 4 heteroatoms. The molecular weight excluding hydrogens is 230 g/mol. The fourth-order valence-corrected chi connectivity index (χ4v) is 3.40. The van der Waals surface area contributed by atoms with Crippen LogP contribution in [0, 0.1) is 5.41 Å². The third-order valence-electron chi connectivity index (χ3n) is 4.57. The molecule has 2 atom stereocenters.